The van der Waals surface area contributed by atoms with Crippen LogP contribution in [0, 0.1) is 6.92 Å². The zero-order chi connectivity index (χ0) is 17.4. The summed E-state index contributed by atoms with van der Waals surface area (Å²) in [5.41, 5.74) is -2.02. The number of fused-ring (bicyclic) bond motifs is 1. The fourth-order valence-corrected chi connectivity index (χ4v) is 2.57. The van der Waals surface area contributed by atoms with Crippen LogP contribution < -0.4 is 10.7 Å². The van der Waals surface area contributed by atoms with Gasteiger partial charge < -0.3 is 14.5 Å². The molecule has 2 rings (SSSR count). The van der Waals surface area contributed by atoms with Crippen LogP contribution in [0.1, 0.15) is 41.3 Å². The number of nitrogens with zero attached hydrogens (tertiary/aromatic N) is 1. The zero-order valence-corrected chi connectivity index (χ0v) is 12.7. The standard InChI is InChI=1S/C16H16F3NO3/c1-3-4-7-20-12-8-10(16(17,18)19)5-6-11(12)9(2)13(14(20)21)15(22)23/h5-6,8H,3-4,7H2,1-2H3,(H,22,23)/p-1. The fourth-order valence-electron chi connectivity index (χ4n) is 2.57. The van der Waals surface area contributed by atoms with E-state index in [4.69, 9.17) is 0 Å². The minimum atomic E-state index is -4.54. The number of carboxylic acid groups (broad SMARTS) is 1. The number of carbonyl (C=O) groups is 1. The van der Waals surface area contributed by atoms with E-state index in [2.05, 4.69) is 0 Å². The quantitative estimate of drug-likeness (QED) is 0.867. The average molecular weight is 326 g/mol. The summed E-state index contributed by atoms with van der Waals surface area (Å²) in [7, 11) is 0. The summed E-state index contributed by atoms with van der Waals surface area (Å²) in [6, 6.07) is 2.96. The maximum atomic E-state index is 12.9. The van der Waals surface area contributed by atoms with Crippen molar-refractivity contribution in [2.45, 2.75) is 39.4 Å². The molecule has 0 N–H and O–H groups in total. The Morgan fingerprint density at radius 1 is 1.30 bits per heavy atom. The Morgan fingerprint density at radius 3 is 2.48 bits per heavy atom. The average Bonchev–Trinajstić information content (AvgIpc) is 2.45. The van der Waals surface area contributed by atoms with Gasteiger partial charge >= 0.3 is 6.18 Å². The minimum Gasteiger partial charge on any atom is -0.545 e. The lowest BCUT2D eigenvalue weighted by Crippen LogP contribution is -2.35. The second-order valence-electron chi connectivity index (χ2n) is 5.33. The van der Waals surface area contributed by atoms with E-state index in [0.29, 0.717) is 18.2 Å². The summed E-state index contributed by atoms with van der Waals surface area (Å²) >= 11 is 0. The van der Waals surface area contributed by atoms with Gasteiger partial charge in [-0.05, 0) is 31.0 Å². The number of carbonyl (C=O) groups excluding carboxylic acids is 1. The molecule has 2 aromatic rings. The minimum absolute atomic E-state index is 0.0841. The first-order valence-corrected chi connectivity index (χ1v) is 7.14. The molecular weight excluding hydrogens is 311 g/mol. The maximum Gasteiger partial charge on any atom is 0.416 e. The Morgan fingerprint density at radius 2 is 1.96 bits per heavy atom. The third-order valence-electron chi connectivity index (χ3n) is 3.79. The molecule has 4 nitrogen and oxygen atoms in total. The molecule has 0 aliphatic rings. The number of aryl methyl sites for hydroxylation is 2. The Hall–Kier alpha value is -2.31. The number of rotatable bonds is 4. The predicted molar refractivity (Wildman–Crippen MR) is 77.2 cm³/mol. The van der Waals surface area contributed by atoms with Gasteiger partial charge in [0.1, 0.15) is 0 Å². The lowest BCUT2D eigenvalue weighted by Gasteiger charge is -2.18. The first-order valence-electron chi connectivity index (χ1n) is 7.14. The van der Waals surface area contributed by atoms with E-state index in [1.54, 1.807) is 0 Å². The molecule has 7 heteroatoms. The van der Waals surface area contributed by atoms with Crippen molar-refractivity contribution in [3.63, 3.8) is 0 Å². The van der Waals surface area contributed by atoms with Crippen LogP contribution in [0.25, 0.3) is 10.9 Å². The highest BCUT2D eigenvalue weighted by Gasteiger charge is 2.31. The van der Waals surface area contributed by atoms with Gasteiger partial charge in [0.25, 0.3) is 5.56 Å². The number of aromatic carboxylic acids is 1. The first kappa shape index (κ1) is 17.1. The van der Waals surface area contributed by atoms with Gasteiger partial charge in [-0.1, -0.05) is 19.4 Å². The Bertz CT molecular complexity index is 822. The van der Waals surface area contributed by atoms with E-state index in [0.717, 1.165) is 16.7 Å². The molecule has 0 saturated heterocycles. The molecule has 0 saturated carbocycles. The largest absolute Gasteiger partial charge is 0.545 e. The SMILES string of the molecule is CCCCn1c(=O)c(C(=O)[O-])c(C)c2ccc(C(F)(F)F)cc21. The fraction of sp³-hybridized carbons (Fsp3) is 0.375. The number of hydrogen-bond donors (Lipinski definition) is 0. The van der Waals surface area contributed by atoms with E-state index in [9.17, 15) is 27.9 Å². The molecule has 1 heterocycles. The topological polar surface area (TPSA) is 62.1 Å². The van der Waals surface area contributed by atoms with Crippen LogP contribution in [-0.4, -0.2) is 10.5 Å². The summed E-state index contributed by atoms with van der Waals surface area (Å²) in [5.74, 6) is -1.63. The third kappa shape index (κ3) is 3.09. The summed E-state index contributed by atoms with van der Waals surface area (Å²) in [4.78, 5) is 23.6. The van der Waals surface area contributed by atoms with Crippen molar-refractivity contribution in [1.29, 1.82) is 0 Å². The number of aromatic nitrogens is 1. The van der Waals surface area contributed by atoms with Crippen LogP contribution in [0.5, 0.6) is 0 Å². The molecule has 0 atom stereocenters. The van der Waals surface area contributed by atoms with Crippen molar-refractivity contribution in [3.05, 3.63) is 45.2 Å². The summed E-state index contributed by atoms with van der Waals surface area (Å²) in [6.07, 6.45) is -3.29. The van der Waals surface area contributed by atoms with E-state index >= 15 is 0 Å². The molecule has 124 valence electrons. The van der Waals surface area contributed by atoms with Crippen LogP contribution in [0.4, 0.5) is 13.2 Å². The van der Waals surface area contributed by atoms with Crippen molar-refractivity contribution in [2.75, 3.05) is 0 Å². The highest BCUT2D eigenvalue weighted by atomic mass is 19.4. The number of alkyl halides is 3. The van der Waals surface area contributed by atoms with E-state index < -0.39 is 28.8 Å². The Labute approximate surface area is 130 Å². The molecule has 0 bridgehead atoms. The lowest BCUT2D eigenvalue weighted by molar-refractivity contribution is -0.255. The highest BCUT2D eigenvalue weighted by Crippen LogP contribution is 2.32. The monoisotopic (exact) mass is 326 g/mol. The van der Waals surface area contributed by atoms with Crippen LogP contribution >= 0.6 is 0 Å². The van der Waals surface area contributed by atoms with Crippen molar-refractivity contribution in [2.24, 2.45) is 0 Å². The van der Waals surface area contributed by atoms with Crippen LogP contribution in [0.2, 0.25) is 0 Å². The normalized spacial score (nSPS) is 11.9. The summed E-state index contributed by atoms with van der Waals surface area (Å²) < 4.78 is 39.8. The van der Waals surface area contributed by atoms with E-state index in [-0.39, 0.29) is 17.6 Å². The highest BCUT2D eigenvalue weighted by molar-refractivity contribution is 5.95. The van der Waals surface area contributed by atoms with Gasteiger partial charge in [-0.2, -0.15) is 13.2 Å². The van der Waals surface area contributed by atoms with Crippen LogP contribution in [0.3, 0.4) is 0 Å². The van der Waals surface area contributed by atoms with E-state index in [1.165, 1.54) is 13.0 Å². The number of hydrogen-bond acceptors (Lipinski definition) is 3. The molecule has 0 aliphatic carbocycles. The van der Waals surface area contributed by atoms with Gasteiger partial charge in [0.05, 0.1) is 22.6 Å². The number of benzene rings is 1. The first-order chi connectivity index (χ1) is 10.7. The summed E-state index contributed by atoms with van der Waals surface area (Å²) in [5, 5.41) is 11.5. The van der Waals surface area contributed by atoms with Crippen molar-refractivity contribution < 1.29 is 23.1 Å². The second kappa shape index (κ2) is 6.06. The summed E-state index contributed by atoms with van der Waals surface area (Å²) in [6.45, 7) is 3.40. The lowest BCUT2D eigenvalue weighted by atomic mass is 10.0. The zero-order valence-electron chi connectivity index (χ0n) is 12.7. The van der Waals surface area contributed by atoms with Gasteiger partial charge in [0, 0.05) is 11.9 Å². The van der Waals surface area contributed by atoms with Gasteiger partial charge in [0.15, 0.2) is 0 Å². The Balaban J connectivity index is 2.89. The third-order valence-corrected chi connectivity index (χ3v) is 3.79. The Kier molecular flexibility index (Phi) is 4.49. The van der Waals surface area contributed by atoms with Gasteiger partial charge in [-0.15, -0.1) is 0 Å². The van der Waals surface area contributed by atoms with Gasteiger partial charge in [-0.3, -0.25) is 4.79 Å². The molecule has 1 aromatic carbocycles. The molecule has 0 fully saturated rings. The van der Waals surface area contributed by atoms with Crippen LogP contribution in [-0.2, 0) is 12.7 Å². The molecular formula is C16H15F3NO3-. The van der Waals surface area contributed by atoms with E-state index in [1.807, 2.05) is 6.92 Å². The number of unbranched alkanes of at least 4 members (excludes halogenated alkanes) is 1. The molecule has 0 amide bonds. The molecule has 0 aliphatic heterocycles. The molecule has 0 radical (unpaired) electrons. The second-order valence-corrected chi connectivity index (χ2v) is 5.33. The number of halogens is 3. The van der Waals surface area contributed by atoms with Gasteiger partial charge in [-0.25, -0.2) is 0 Å². The number of carboxylic acids is 1. The number of pyridine rings is 1. The smallest absolute Gasteiger partial charge is 0.416 e. The molecule has 0 unspecified atom stereocenters. The van der Waals surface area contributed by atoms with Crippen molar-refractivity contribution in [3.8, 4) is 0 Å². The maximum absolute atomic E-state index is 12.9. The molecule has 23 heavy (non-hydrogen) atoms. The van der Waals surface area contributed by atoms with Gasteiger partial charge in [0.2, 0.25) is 0 Å². The van der Waals surface area contributed by atoms with Crippen molar-refractivity contribution >= 4 is 16.9 Å². The predicted octanol–water partition coefficient (Wildman–Crippen LogP) is 2.49. The molecule has 0 spiro atoms. The van der Waals surface area contributed by atoms with Crippen molar-refractivity contribution in [1.82, 2.24) is 4.57 Å². The van der Waals surface area contributed by atoms with Crippen LogP contribution in [0.15, 0.2) is 23.0 Å². The molecule has 1 aromatic heterocycles.